The third kappa shape index (κ3) is 6.13. The van der Waals surface area contributed by atoms with Gasteiger partial charge in [0, 0.05) is 16.3 Å². The van der Waals surface area contributed by atoms with Crippen molar-refractivity contribution in [2.75, 3.05) is 5.75 Å². The maximum Gasteiger partial charge on any atom is 0.230 e. The minimum Gasteiger partial charge on any atom is -0.353 e. The summed E-state index contributed by atoms with van der Waals surface area (Å²) in [5, 5.41) is 2.96. The second-order valence-corrected chi connectivity index (χ2v) is 5.90. The Kier molecular flexibility index (Phi) is 6.66. The molecule has 0 aliphatic rings. The lowest BCUT2D eigenvalue weighted by molar-refractivity contribution is -0.119. The molecule has 0 fully saturated rings. The number of amides is 1. The molecule has 0 bridgehead atoms. The molecule has 1 amide bonds. The Labute approximate surface area is 116 Å². The van der Waals surface area contributed by atoms with Gasteiger partial charge in [-0.05, 0) is 31.0 Å². The first kappa shape index (κ1) is 14.6. The molecule has 0 saturated carbocycles. The highest BCUT2D eigenvalue weighted by Crippen LogP contribution is 2.15. The van der Waals surface area contributed by atoms with Crippen LogP contribution in [0.25, 0.3) is 0 Å². The van der Waals surface area contributed by atoms with E-state index in [1.54, 1.807) is 11.8 Å². The number of hydrogen-bond acceptors (Lipinski definition) is 2. The maximum absolute atomic E-state index is 11.5. The summed E-state index contributed by atoms with van der Waals surface area (Å²) in [5.74, 6) is 1.53. The van der Waals surface area contributed by atoms with E-state index in [1.165, 1.54) is 5.56 Å². The molecule has 4 heteroatoms. The normalized spacial score (nSPS) is 12.2. The Morgan fingerprint density at radius 1 is 1.41 bits per heavy atom. The van der Waals surface area contributed by atoms with Crippen LogP contribution in [0.1, 0.15) is 25.8 Å². The highest BCUT2D eigenvalue weighted by molar-refractivity contribution is 9.10. The minimum atomic E-state index is 0.126. The Hall–Kier alpha value is -0.480. The van der Waals surface area contributed by atoms with Gasteiger partial charge in [-0.1, -0.05) is 35.0 Å². The molecule has 0 heterocycles. The Balaban J connectivity index is 2.23. The van der Waals surface area contributed by atoms with Crippen molar-refractivity contribution in [3.05, 3.63) is 34.3 Å². The van der Waals surface area contributed by atoms with Crippen LogP contribution in [0, 0.1) is 0 Å². The number of carbonyl (C=O) groups is 1. The van der Waals surface area contributed by atoms with Crippen LogP contribution in [0.2, 0.25) is 0 Å². The molecule has 17 heavy (non-hydrogen) atoms. The molecule has 0 aliphatic heterocycles. The maximum atomic E-state index is 11.5. The highest BCUT2D eigenvalue weighted by Gasteiger charge is 2.05. The van der Waals surface area contributed by atoms with Gasteiger partial charge in [-0.2, -0.15) is 0 Å². The zero-order chi connectivity index (χ0) is 12.7. The zero-order valence-electron chi connectivity index (χ0n) is 10.2. The van der Waals surface area contributed by atoms with Crippen LogP contribution < -0.4 is 5.32 Å². The van der Waals surface area contributed by atoms with Crippen LogP contribution >= 0.6 is 27.7 Å². The molecule has 0 aromatic heterocycles. The summed E-state index contributed by atoms with van der Waals surface area (Å²) >= 11 is 5.05. The predicted octanol–water partition coefficient (Wildman–Crippen LogP) is 3.60. The quantitative estimate of drug-likeness (QED) is 0.869. The van der Waals surface area contributed by atoms with Crippen LogP contribution in [0.3, 0.4) is 0 Å². The second-order valence-electron chi connectivity index (χ2n) is 4.00. The van der Waals surface area contributed by atoms with Crippen LogP contribution in [0.4, 0.5) is 0 Å². The summed E-state index contributed by atoms with van der Waals surface area (Å²) in [6, 6.07) is 8.47. The van der Waals surface area contributed by atoms with Crippen molar-refractivity contribution in [1.82, 2.24) is 5.32 Å². The first-order valence-electron chi connectivity index (χ1n) is 5.73. The molecular weight excluding hydrogens is 298 g/mol. The van der Waals surface area contributed by atoms with Gasteiger partial charge in [-0.15, -0.1) is 11.8 Å². The summed E-state index contributed by atoms with van der Waals surface area (Å²) in [4.78, 5) is 11.5. The summed E-state index contributed by atoms with van der Waals surface area (Å²) in [5.41, 5.74) is 1.24. The number of thioether (sulfide) groups is 1. The fourth-order valence-corrected chi connectivity index (χ4v) is 2.32. The number of nitrogens with one attached hydrogen (secondary N) is 1. The first-order valence-corrected chi connectivity index (χ1v) is 7.68. The smallest absolute Gasteiger partial charge is 0.230 e. The lowest BCUT2D eigenvalue weighted by Crippen LogP contribution is -2.33. The SMILES string of the molecule is CCC(C)NC(=O)CSCc1ccc(Br)cc1. The van der Waals surface area contributed by atoms with Gasteiger partial charge in [0.2, 0.25) is 5.91 Å². The van der Waals surface area contributed by atoms with Crippen molar-refractivity contribution >= 4 is 33.6 Å². The zero-order valence-corrected chi connectivity index (χ0v) is 12.6. The monoisotopic (exact) mass is 315 g/mol. The van der Waals surface area contributed by atoms with Crippen molar-refractivity contribution in [2.45, 2.75) is 32.1 Å². The van der Waals surface area contributed by atoms with Gasteiger partial charge in [0.05, 0.1) is 5.75 Å². The summed E-state index contributed by atoms with van der Waals surface area (Å²) in [6.45, 7) is 4.09. The summed E-state index contributed by atoms with van der Waals surface area (Å²) in [6.07, 6.45) is 0.975. The Morgan fingerprint density at radius 2 is 2.06 bits per heavy atom. The largest absolute Gasteiger partial charge is 0.353 e. The molecule has 2 nitrogen and oxygen atoms in total. The number of carbonyl (C=O) groups excluding carboxylic acids is 1. The number of benzene rings is 1. The lowest BCUT2D eigenvalue weighted by atomic mass is 10.2. The topological polar surface area (TPSA) is 29.1 Å². The predicted molar refractivity (Wildman–Crippen MR) is 78.2 cm³/mol. The molecule has 0 spiro atoms. The average Bonchev–Trinajstić information content (AvgIpc) is 2.31. The number of halogens is 1. The fourth-order valence-electron chi connectivity index (χ4n) is 1.26. The van der Waals surface area contributed by atoms with Crippen LogP contribution in [-0.2, 0) is 10.5 Å². The van der Waals surface area contributed by atoms with Crippen molar-refractivity contribution in [1.29, 1.82) is 0 Å². The third-order valence-corrected chi connectivity index (χ3v) is 3.97. The van der Waals surface area contributed by atoms with Crippen LogP contribution in [-0.4, -0.2) is 17.7 Å². The van der Waals surface area contributed by atoms with E-state index in [9.17, 15) is 4.79 Å². The van der Waals surface area contributed by atoms with Gasteiger partial charge in [-0.3, -0.25) is 4.79 Å². The van der Waals surface area contributed by atoms with Gasteiger partial charge in [0.1, 0.15) is 0 Å². The molecule has 94 valence electrons. The standard InChI is InChI=1S/C13H18BrNOS/c1-3-10(2)15-13(16)9-17-8-11-4-6-12(14)7-5-11/h4-7,10H,3,8-9H2,1-2H3,(H,15,16). The van der Waals surface area contributed by atoms with E-state index < -0.39 is 0 Å². The lowest BCUT2D eigenvalue weighted by Gasteiger charge is -2.10. The van der Waals surface area contributed by atoms with Gasteiger partial charge < -0.3 is 5.32 Å². The molecule has 1 aromatic carbocycles. The molecule has 1 aromatic rings. The first-order chi connectivity index (χ1) is 8.11. The second kappa shape index (κ2) is 7.77. The Bertz CT molecular complexity index is 353. The summed E-state index contributed by atoms with van der Waals surface area (Å²) in [7, 11) is 0. The van der Waals surface area contributed by atoms with Crippen LogP contribution in [0.15, 0.2) is 28.7 Å². The molecule has 1 N–H and O–H groups in total. The molecule has 1 rings (SSSR count). The van der Waals surface area contributed by atoms with E-state index in [2.05, 4.69) is 40.3 Å². The fraction of sp³-hybridized carbons (Fsp3) is 0.462. The van der Waals surface area contributed by atoms with Crippen molar-refractivity contribution in [3.63, 3.8) is 0 Å². The molecule has 0 radical (unpaired) electrons. The van der Waals surface area contributed by atoms with E-state index in [4.69, 9.17) is 0 Å². The molecule has 0 saturated heterocycles. The number of hydrogen-bond donors (Lipinski definition) is 1. The number of rotatable bonds is 6. The van der Waals surface area contributed by atoms with Crippen LogP contribution in [0.5, 0.6) is 0 Å². The highest BCUT2D eigenvalue weighted by atomic mass is 79.9. The van der Waals surface area contributed by atoms with E-state index >= 15 is 0 Å². The van der Waals surface area contributed by atoms with Gasteiger partial charge in [0.15, 0.2) is 0 Å². The average molecular weight is 316 g/mol. The molecule has 1 atom stereocenters. The van der Waals surface area contributed by atoms with E-state index in [-0.39, 0.29) is 11.9 Å². The van der Waals surface area contributed by atoms with Gasteiger partial charge in [-0.25, -0.2) is 0 Å². The minimum absolute atomic E-state index is 0.126. The molecular formula is C13H18BrNOS. The molecule has 1 unspecified atom stereocenters. The van der Waals surface area contributed by atoms with Crippen molar-refractivity contribution < 1.29 is 4.79 Å². The van der Waals surface area contributed by atoms with Gasteiger partial charge in [0.25, 0.3) is 0 Å². The van der Waals surface area contributed by atoms with E-state index in [0.717, 1.165) is 16.6 Å². The van der Waals surface area contributed by atoms with E-state index in [0.29, 0.717) is 5.75 Å². The summed E-state index contributed by atoms with van der Waals surface area (Å²) < 4.78 is 1.08. The van der Waals surface area contributed by atoms with Crippen molar-refractivity contribution in [3.8, 4) is 0 Å². The molecule has 0 aliphatic carbocycles. The van der Waals surface area contributed by atoms with Gasteiger partial charge >= 0.3 is 0 Å². The van der Waals surface area contributed by atoms with Crippen molar-refractivity contribution in [2.24, 2.45) is 0 Å². The van der Waals surface area contributed by atoms with E-state index in [1.807, 2.05) is 19.1 Å². The Morgan fingerprint density at radius 3 is 2.65 bits per heavy atom. The third-order valence-electron chi connectivity index (χ3n) is 2.43.